The first-order chi connectivity index (χ1) is 13.7. The molecular weight excluding hydrogens is 377 g/mol. The second-order valence-corrected chi connectivity index (χ2v) is 7.41. The highest BCUT2D eigenvalue weighted by molar-refractivity contribution is 7.09. The van der Waals surface area contributed by atoms with E-state index in [0.29, 0.717) is 17.7 Å². The fourth-order valence-electron chi connectivity index (χ4n) is 3.22. The lowest BCUT2D eigenvalue weighted by Gasteiger charge is -2.07. The molecule has 0 saturated carbocycles. The van der Waals surface area contributed by atoms with Gasteiger partial charge in [-0.1, -0.05) is 18.2 Å². The van der Waals surface area contributed by atoms with Crippen molar-refractivity contribution in [3.05, 3.63) is 81.3 Å². The van der Waals surface area contributed by atoms with Crippen LogP contribution in [-0.2, 0) is 13.0 Å². The van der Waals surface area contributed by atoms with Gasteiger partial charge in [0.1, 0.15) is 11.3 Å². The van der Waals surface area contributed by atoms with Gasteiger partial charge in [-0.15, -0.1) is 21.5 Å². The molecule has 0 unspecified atom stereocenters. The molecule has 28 heavy (non-hydrogen) atoms. The quantitative estimate of drug-likeness (QED) is 0.470. The van der Waals surface area contributed by atoms with Gasteiger partial charge in [0.05, 0.1) is 6.20 Å². The molecule has 0 aliphatic heterocycles. The number of aryl methyl sites for hydroxylation is 2. The summed E-state index contributed by atoms with van der Waals surface area (Å²) < 4.78 is 16.4. The Hall–Kier alpha value is -3.39. The van der Waals surface area contributed by atoms with Gasteiger partial charge in [-0.2, -0.15) is 5.10 Å². The molecule has 8 heteroatoms. The van der Waals surface area contributed by atoms with Crippen molar-refractivity contribution in [2.45, 2.75) is 13.0 Å². The van der Waals surface area contributed by atoms with Crippen LogP contribution in [0.4, 0.5) is 4.39 Å². The van der Waals surface area contributed by atoms with E-state index in [2.05, 4.69) is 21.4 Å². The number of hydrogen-bond acceptors (Lipinski definition) is 5. The van der Waals surface area contributed by atoms with E-state index in [9.17, 15) is 9.18 Å². The highest BCUT2D eigenvalue weighted by Crippen LogP contribution is 2.24. The SMILES string of the molecule is O=c1c2nnc3c(-c4ccc(F)cc4)cnn3c2ccn1CCc1cccs1. The third kappa shape index (κ3) is 2.78. The maximum atomic E-state index is 13.2. The maximum Gasteiger partial charge on any atom is 0.280 e. The van der Waals surface area contributed by atoms with Gasteiger partial charge in [-0.05, 0) is 41.6 Å². The molecule has 0 fully saturated rings. The molecule has 5 rings (SSSR count). The van der Waals surface area contributed by atoms with Gasteiger partial charge in [0.2, 0.25) is 0 Å². The van der Waals surface area contributed by atoms with Crippen LogP contribution in [0, 0.1) is 5.82 Å². The normalized spacial score (nSPS) is 11.5. The Bertz CT molecular complexity index is 1340. The fourth-order valence-corrected chi connectivity index (χ4v) is 3.92. The zero-order chi connectivity index (χ0) is 19.1. The molecule has 0 atom stereocenters. The highest BCUT2D eigenvalue weighted by Gasteiger charge is 2.14. The van der Waals surface area contributed by atoms with E-state index >= 15 is 0 Å². The predicted octanol–water partition coefficient (Wildman–Crippen LogP) is 3.55. The fraction of sp³-hybridized carbons (Fsp3) is 0.100. The van der Waals surface area contributed by atoms with Crippen molar-refractivity contribution < 1.29 is 4.39 Å². The van der Waals surface area contributed by atoms with E-state index in [1.807, 2.05) is 17.5 Å². The molecule has 6 nitrogen and oxygen atoms in total. The van der Waals surface area contributed by atoms with E-state index in [0.717, 1.165) is 17.5 Å². The van der Waals surface area contributed by atoms with Crippen LogP contribution in [0.3, 0.4) is 0 Å². The number of rotatable bonds is 4. The lowest BCUT2D eigenvalue weighted by molar-refractivity contribution is 0.628. The van der Waals surface area contributed by atoms with Crippen molar-refractivity contribution in [3.63, 3.8) is 0 Å². The average Bonchev–Trinajstić information content (AvgIpc) is 3.38. The van der Waals surface area contributed by atoms with Gasteiger partial charge in [-0.25, -0.2) is 8.91 Å². The van der Waals surface area contributed by atoms with Crippen molar-refractivity contribution in [2.75, 3.05) is 0 Å². The molecule has 5 aromatic rings. The van der Waals surface area contributed by atoms with Crippen molar-refractivity contribution >= 4 is 28.0 Å². The molecule has 0 radical (unpaired) electrons. The van der Waals surface area contributed by atoms with E-state index < -0.39 is 0 Å². The first-order valence-corrected chi connectivity index (χ1v) is 9.60. The number of pyridine rings is 1. The summed E-state index contributed by atoms with van der Waals surface area (Å²) in [5.41, 5.74) is 2.72. The Morgan fingerprint density at radius 1 is 1.07 bits per heavy atom. The van der Waals surface area contributed by atoms with Crippen LogP contribution in [0.5, 0.6) is 0 Å². The topological polar surface area (TPSA) is 65.1 Å². The number of halogens is 1. The molecule has 0 spiro atoms. The number of benzene rings is 1. The monoisotopic (exact) mass is 391 g/mol. The summed E-state index contributed by atoms with van der Waals surface area (Å²) in [6.07, 6.45) is 4.20. The summed E-state index contributed by atoms with van der Waals surface area (Å²) >= 11 is 1.67. The van der Waals surface area contributed by atoms with Crippen molar-refractivity contribution in [1.82, 2.24) is 24.4 Å². The van der Waals surface area contributed by atoms with Gasteiger partial charge in [0.25, 0.3) is 5.56 Å². The third-order valence-corrected chi connectivity index (χ3v) is 5.61. The van der Waals surface area contributed by atoms with Crippen LogP contribution in [0.2, 0.25) is 0 Å². The Morgan fingerprint density at radius 3 is 2.71 bits per heavy atom. The third-order valence-electron chi connectivity index (χ3n) is 4.67. The van der Waals surface area contributed by atoms with E-state index in [1.54, 1.807) is 44.9 Å². The first kappa shape index (κ1) is 16.8. The number of thiophene rings is 1. The van der Waals surface area contributed by atoms with Gasteiger partial charge >= 0.3 is 0 Å². The molecule has 0 aliphatic carbocycles. The molecular formula is C20H14FN5OS. The Balaban J connectivity index is 1.58. The molecule has 0 amide bonds. The first-order valence-electron chi connectivity index (χ1n) is 8.72. The Kier molecular flexibility index (Phi) is 3.98. The van der Waals surface area contributed by atoms with Crippen LogP contribution in [-0.4, -0.2) is 24.4 Å². The van der Waals surface area contributed by atoms with Crippen LogP contribution < -0.4 is 5.56 Å². The number of hydrogen-bond donors (Lipinski definition) is 0. The largest absolute Gasteiger partial charge is 0.313 e. The van der Waals surface area contributed by atoms with Gasteiger partial charge in [-0.3, -0.25) is 4.79 Å². The summed E-state index contributed by atoms with van der Waals surface area (Å²) in [6, 6.07) is 12.0. The Labute approximate surface area is 162 Å². The summed E-state index contributed by atoms with van der Waals surface area (Å²) in [4.78, 5) is 14.1. The number of nitrogens with zero attached hydrogens (tertiary/aromatic N) is 5. The van der Waals surface area contributed by atoms with Crippen molar-refractivity contribution in [1.29, 1.82) is 0 Å². The molecule has 0 N–H and O–H groups in total. The Morgan fingerprint density at radius 2 is 1.93 bits per heavy atom. The smallest absolute Gasteiger partial charge is 0.280 e. The second kappa shape index (κ2) is 6.65. The predicted molar refractivity (Wildman–Crippen MR) is 106 cm³/mol. The molecule has 0 aliphatic rings. The summed E-state index contributed by atoms with van der Waals surface area (Å²) in [5.74, 6) is -0.306. The lowest BCUT2D eigenvalue weighted by Crippen LogP contribution is -2.22. The second-order valence-electron chi connectivity index (χ2n) is 6.38. The van der Waals surface area contributed by atoms with Gasteiger partial charge < -0.3 is 4.57 Å². The zero-order valence-electron chi connectivity index (χ0n) is 14.6. The zero-order valence-corrected chi connectivity index (χ0v) is 15.4. The molecule has 0 saturated heterocycles. The number of fused-ring (bicyclic) bond motifs is 3. The molecule has 0 bridgehead atoms. The molecule has 138 valence electrons. The van der Waals surface area contributed by atoms with Gasteiger partial charge in [0.15, 0.2) is 11.2 Å². The van der Waals surface area contributed by atoms with Gasteiger partial charge in [0, 0.05) is 23.2 Å². The molecule has 4 aromatic heterocycles. The lowest BCUT2D eigenvalue weighted by atomic mass is 10.1. The minimum Gasteiger partial charge on any atom is -0.313 e. The average molecular weight is 391 g/mol. The highest BCUT2D eigenvalue weighted by atomic mass is 32.1. The summed E-state index contributed by atoms with van der Waals surface area (Å²) in [6.45, 7) is 0.578. The summed E-state index contributed by atoms with van der Waals surface area (Å²) in [5, 5.41) is 14.8. The van der Waals surface area contributed by atoms with Crippen LogP contribution >= 0.6 is 11.3 Å². The molecule has 1 aromatic carbocycles. The number of aromatic nitrogens is 5. The van der Waals surface area contributed by atoms with E-state index in [4.69, 9.17) is 0 Å². The van der Waals surface area contributed by atoms with E-state index in [-0.39, 0.29) is 16.9 Å². The van der Waals surface area contributed by atoms with Crippen molar-refractivity contribution in [3.8, 4) is 11.1 Å². The van der Waals surface area contributed by atoms with Crippen LogP contribution in [0.25, 0.3) is 27.8 Å². The minimum absolute atomic E-state index is 0.192. The molecule has 4 heterocycles. The maximum absolute atomic E-state index is 13.2. The van der Waals surface area contributed by atoms with Crippen LogP contribution in [0.15, 0.2) is 65.0 Å². The van der Waals surface area contributed by atoms with Crippen molar-refractivity contribution in [2.24, 2.45) is 0 Å². The van der Waals surface area contributed by atoms with Crippen LogP contribution in [0.1, 0.15) is 4.88 Å². The summed E-state index contributed by atoms with van der Waals surface area (Å²) in [7, 11) is 0. The van der Waals surface area contributed by atoms with E-state index in [1.165, 1.54) is 17.0 Å². The standard InChI is InChI=1S/C20H14FN5OS/c21-14-5-3-13(4-6-14)16-12-22-26-17-8-10-25(9-7-15-2-1-11-28-15)20(27)18(17)23-24-19(16)26/h1-6,8,10-12H,7,9H2. The minimum atomic E-state index is -0.306.